The van der Waals surface area contributed by atoms with Crippen LogP contribution in [0.3, 0.4) is 0 Å². The number of hydrogen-bond donors (Lipinski definition) is 2. The first-order chi connectivity index (χ1) is 7.90. The molecule has 1 fully saturated rings. The standard InChI is InChI=1S/C11H22N2O3S.ClH/c1-9(3-8-13-17(2,15)16)11(14)10-4-6-12-7-5-10;/h9-10,12-13H,3-8H2,1-2H3;1H. The van der Waals surface area contributed by atoms with Crippen molar-refractivity contribution in [3.05, 3.63) is 0 Å². The predicted molar refractivity (Wildman–Crippen MR) is 74.5 cm³/mol. The number of halogens is 1. The summed E-state index contributed by atoms with van der Waals surface area (Å²) in [6, 6.07) is 0. The van der Waals surface area contributed by atoms with Crippen LogP contribution in [0.5, 0.6) is 0 Å². The first-order valence-corrected chi connectivity index (χ1v) is 7.98. The Labute approximate surface area is 116 Å². The summed E-state index contributed by atoms with van der Waals surface area (Å²) in [5.41, 5.74) is 0. The molecule has 108 valence electrons. The first kappa shape index (κ1) is 17.8. The highest BCUT2D eigenvalue weighted by molar-refractivity contribution is 7.88. The number of carbonyl (C=O) groups is 1. The Hall–Kier alpha value is -0.170. The van der Waals surface area contributed by atoms with Gasteiger partial charge in [-0.05, 0) is 32.4 Å². The molecule has 1 rings (SSSR count). The molecular weight excluding hydrogens is 276 g/mol. The zero-order valence-corrected chi connectivity index (χ0v) is 12.6. The molecule has 0 aromatic carbocycles. The number of Topliss-reactive ketones (excluding diaryl/α,β-unsaturated/α-hetero) is 1. The molecule has 5 nitrogen and oxygen atoms in total. The third-order valence-electron chi connectivity index (χ3n) is 3.17. The SMILES string of the molecule is CC(CCNS(C)(=O)=O)C(=O)C1CCNCC1.Cl. The Morgan fingerprint density at radius 3 is 2.44 bits per heavy atom. The normalized spacial score (nSPS) is 19.0. The Bertz CT molecular complexity index is 353. The van der Waals surface area contributed by atoms with Gasteiger partial charge in [0.15, 0.2) is 0 Å². The Kier molecular flexibility index (Phi) is 8.02. The number of rotatable bonds is 6. The van der Waals surface area contributed by atoms with E-state index in [2.05, 4.69) is 10.0 Å². The molecule has 1 saturated heterocycles. The number of hydrogen-bond acceptors (Lipinski definition) is 4. The highest BCUT2D eigenvalue weighted by atomic mass is 35.5. The smallest absolute Gasteiger partial charge is 0.208 e. The fraction of sp³-hybridized carbons (Fsp3) is 0.909. The van der Waals surface area contributed by atoms with Crippen molar-refractivity contribution in [3.8, 4) is 0 Å². The van der Waals surface area contributed by atoms with Crippen LogP contribution < -0.4 is 10.0 Å². The van der Waals surface area contributed by atoms with Gasteiger partial charge < -0.3 is 5.32 Å². The quantitative estimate of drug-likeness (QED) is 0.751. The van der Waals surface area contributed by atoms with E-state index in [1.165, 1.54) is 0 Å². The van der Waals surface area contributed by atoms with Crippen molar-refractivity contribution in [1.82, 2.24) is 10.0 Å². The summed E-state index contributed by atoms with van der Waals surface area (Å²) in [6.07, 6.45) is 3.52. The lowest BCUT2D eigenvalue weighted by Crippen LogP contribution is -2.35. The predicted octanol–water partition coefficient (Wildman–Crippen LogP) is 0.552. The second kappa shape index (κ2) is 8.09. The van der Waals surface area contributed by atoms with Crippen LogP contribution in [0, 0.1) is 11.8 Å². The maximum absolute atomic E-state index is 12.0. The van der Waals surface area contributed by atoms with Gasteiger partial charge in [-0.25, -0.2) is 13.1 Å². The van der Waals surface area contributed by atoms with Crippen LogP contribution in [0.1, 0.15) is 26.2 Å². The Morgan fingerprint density at radius 2 is 1.94 bits per heavy atom. The van der Waals surface area contributed by atoms with Crippen molar-refractivity contribution >= 4 is 28.2 Å². The summed E-state index contributed by atoms with van der Waals surface area (Å²) in [5, 5.41) is 3.23. The third-order valence-corrected chi connectivity index (χ3v) is 3.90. The van der Waals surface area contributed by atoms with Crippen molar-refractivity contribution in [2.45, 2.75) is 26.2 Å². The van der Waals surface area contributed by atoms with E-state index in [0.29, 0.717) is 13.0 Å². The monoisotopic (exact) mass is 298 g/mol. The van der Waals surface area contributed by atoms with Crippen LogP contribution in [0.25, 0.3) is 0 Å². The van der Waals surface area contributed by atoms with E-state index in [-0.39, 0.29) is 30.0 Å². The topological polar surface area (TPSA) is 75.3 Å². The van der Waals surface area contributed by atoms with E-state index in [1.54, 1.807) is 0 Å². The van der Waals surface area contributed by atoms with Gasteiger partial charge in [0, 0.05) is 18.4 Å². The minimum absolute atomic E-state index is 0. The van der Waals surface area contributed by atoms with Gasteiger partial charge in [0.2, 0.25) is 10.0 Å². The van der Waals surface area contributed by atoms with Gasteiger partial charge >= 0.3 is 0 Å². The van der Waals surface area contributed by atoms with Crippen LogP contribution in [0.2, 0.25) is 0 Å². The molecule has 1 atom stereocenters. The molecule has 0 spiro atoms. The number of ketones is 1. The minimum Gasteiger partial charge on any atom is -0.317 e. The van der Waals surface area contributed by atoms with Crippen LogP contribution in [0.4, 0.5) is 0 Å². The van der Waals surface area contributed by atoms with E-state index >= 15 is 0 Å². The van der Waals surface area contributed by atoms with Gasteiger partial charge in [-0.2, -0.15) is 0 Å². The van der Waals surface area contributed by atoms with E-state index in [9.17, 15) is 13.2 Å². The fourth-order valence-corrected chi connectivity index (χ4v) is 2.60. The van der Waals surface area contributed by atoms with Crippen molar-refractivity contribution in [1.29, 1.82) is 0 Å². The number of piperidine rings is 1. The average Bonchev–Trinajstić information content (AvgIpc) is 2.27. The summed E-state index contributed by atoms with van der Waals surface area (Å²) in [6.45, 7) is 4.04. The van der Waals surface area contributed by atoms with Gasteiger partial charge in [-0.3, -0.25) is 4.79 Å². The number of sulfonamides is 1. The summed E-state index contributed by atoms with van der Waals surface area (Å²) in [7, 11) is -3.14. The van der Waals surface area contributed by atoms with E-state index in [0.717, 1.165) is 32.2 Å². The zero-order valence-electron chi connectivity index (χ0n) is 10.9. The molecule has 1 heterocycles. The molecule has 0 radical (unpaired) electrons. The van der Waals surface area contributed by atoms with Gasteiger partial charge in [0.25, 0.3) is 0 Å². The largest absolute Gasteiger partial charge is 0.317 e. The van der Waals surface area contributed by atoms with Crippen LogP contribution >= 0.6 is 12.4 Å². The van der Waals surface area contributed by atoms with E-state index in [1.807, 2.05) is 6.92 Å². The van der Waals surface area contributed by atoms with Crippen LogP contribution in [-0.4, -0.2) is 40.1 Å². The number of nitrogens with one attached hydrogen (secondary N) is 2. The summed E-state index contributed by atoms with van der Waals surface area (Å²) >= 11 is 0. The molecule has 0 bridgehead atoms. The molecule has 0 aliphatic carbocycles. The summed E-state index contributed by atoms with van der Waals surface area (Å²) in [5.74, 6) is 0.374. The van der Waals surface area contributed by atoms with Gasteiger partial charge in [-0.15, -0.1) is 12.4 Å². The third kappa shape index (κ3) is 6.68. The molecule has 2 N–H and O–H groups in total. The van der Waals surface area contributed by atoms with Gasteiger partial charge in [-0.1, -0.05) is 6.92 Å². The average molecular weight is 299 g/mol. The molecule has 1 unspecified atom stereocenters. The van der Waals surface area contributed by atoms with E-state index < -0.39 is 10.0 Å². The van der Waals surface area contributed by atoms with Crippen molar-refractivity contribution in [2.24, 2.45) is 11.8 Å². The highest BCUT2D eigenvalue weighted by Crippen LogP contribution is 2.19. The van der Waals surface area contributed by atoms with Gasteiger partial charge in [0.1, 0.15) is 5.78 Å². The molecule has 18 heavy (non-hydrogen) atoms. The molecule has 0 amide bonds. The molecule has 7 heteroatoms. The van der Waals surface area contributed by atoms with Gasteiger partial charge in [0.05, 0.1) is 6.26 Å². The summed E-state index contributed by atoms with van der Waals surface area (Å²) in [4.78, 5) is 12.0. The molecule has 0 aromatic heterocycles. The van der Waals surface area contributed by atoms with Crippen molar-refractivity contribution < 1.29 is 13.2 Å². The molecule has 0 aromatic rings. The van der Waals surface area contributed by atoms with Crippen molar-refractivity contribution in [2.75, 3.05) is 25.9 Å². The lowest BCUT2D eigenvalue weighted by Gasteiger charge is -2.24. The molecule has 1 aliphatic heterocycles. The minimum atomic E-state index is -3.14. The van der Waals surface area contributed by atoms with Crippen LogP contribution in [-0.2, 0) is 14.8 Å². The highest BCUT2D eigenvalue weighted by Gasteiger charge is 2.25. The van der Waals surface area contributed by atoms with E-state index in [4.69, 9.17) is 0 Å². The lowest BCUT2D eigenvalue weighted by molar-refractivity contribution is -0.127. The second-order valence-corrected chi connectivity index (χ2v) is 6.62. The Morgan fingerprint density at radius 1 is 1.39 bits per heavy atom. The maximum Gasteiger partial charge on any atom is 0.208 e. The molecule has 1 aliphatic rings. The lowest BCUT2D eigenvalue weighted by atomic mass is 9.86. The summed E-state index contributed by atoms with van der Waals surface area (Å²) < 4.78 is 24.2. The number of carbonyl (C=O) groups excluding carboxylic acids is 1. The zero-order chi connectivity index (χ0) is 12.9. The molecule has 0 saturated carbocycles. The second-order valence-electron chi connectivity index (χ2n) is 4.78. The maximum atomic E-state index is 12.0. The Balaban J connectivity index is 0.00000289. The molecular formula is C11H23ClN2O3S. The van der Waals surface area contributed by atoms with Crippen LogP contribution in [0.15, 0.2) is 0 Å². The fourth-order valence-electron chi connectivity index (χ4n) is 2.11. The first-order valence-electron chi connectivity index (χ1n) is 6.09. The van der Waals surface area contributed by atoms with Crippen molar-refractivity contribution in [3.63, 3.8) is 0 Å².